The molecule has 0 unspecified atom stereocenters. The Morgan fingerprint density at radius 2 is 1.94 bits per heavy atom. The Bertz CT molecular complexity index is 433. The lowest BCUT2D eigenvalue weighted by atomic mass is 10.2. The number of aliphatic hydroxyl groups excluding tert-OH is 1. The zero-order valence-corrected chi connectivity index (χ0v) is 11.3. The summed E-state index contributed by atoms with van der Waals surface area (Å²) in [5.74, 6) is -0.0731. The standard InChI is InChI=1S/C12H19NO4S/c1-17-9-10-18(15,16)13(7-8-14)11-12-5-3-2-4-6-12/h2-6,14H,7-11H2,1H3. The maximum atomic E-state index is 12.0. The van der Waals surface area contributed by atoms with E-state index in [1.165, 1.54) is 11.4 Å². The zero-order chi connectivity index (χ0) is 13.4. The Morgan fingerprint density at radius 1 is 1.28 bits per heavy atom. The van der Waals surface area contributed by atoms with Crippen LogP contribution in [0, 0.1) is 0 Å². The van der Waals surface area contributed by atoms with Crippen LogP contribution in [0.5, 0.6) is 0 Å². The number of hydrogen-bond donors (Lipinski definition) is 1. The summed E-state index contributed by atoms with van der Waals surface area (Å²) in [6, 6.07) is 9.30. The minimum absolute atomic E-state index is 0.0731. The van der Waals surface area contributed by atoms with Gasteiger partial charge >= 0.3 is 0 Å². The van der Waals surface area contributed by atoms with Gasteiger partial charge in [-0.1, -0.05) is 30.3 Å². The summed E-state index contributed by atoms with van der Waals surface area (Å²) in [5.41, 5.74) is 0.895. The number of methoxy groups -OCH3 is 1. The molecule has 0 aliphatic carbocycles. The summed E-state index contributed by atoms with van der Waals surface area (Å²) in [6.07, 6.45) is 0. The van der Waals surface area contributed by atoms with Crippen molar-refractivity contribution >= 4 is 10.0 Å². The highest BCUT2D eigenvalue weighted by atomic mass is 32.2. The van der Waals surface area contributed by atoms with Gasteiger partial charge in [-0.25, -0.2) is 8.42 Å². The molecular weight excluding hydrogens is 254 g/mol. The van der Waals surface area contributed by atoms with Crippen molar-refractivity contribution in [3.05, 3.63) is 35.9 Å². The summed E-state index contributed by atoms with van der Waals surface area (Å²) < 4.78 is 30.1. The van der Waals surface area contributed by atoms with Crippen LogP contribution < -0.4 is 0 Å². The van der Waals surface area contributed by atoms with Gasteiger partial charge in [-0.05, 0) is 5.56 Å². The lowest BCUT2D eigenvalue weighted by Crippen LogP contribution is -2.35. The smallest absolute Gasteiger partial charge is 0.216 e. The highest BCUT2D eigenvalue weighted by Gasteiger charge is 2.21. The molecule has 6 heteroatoms. The molecule has 0 fully saturated rings. The molecule has 0 aliphatic rings. The van der Waals surface area contributed by atoms with E-state index in [4.69, 9.17) is 9.84 Å². The van der Waals surface area contributed by atoms with Crippen LogP contribution in [0.1, 0.15) is 5.56 Å². The maximum Gasteiger partial charge on any atom is 0.216 e. The summed E-state index contributed by atoms with van der Waals surface area (Å²) in [7, 11) is -1.94. The summed E-state index contributed by atoms with van der Waals surface area (Å²) in [4.78, 5) is 0. The lowest BCUT2D eigenvalue weighted by molar-refractivity contribution is 0.213. The van der Waals surface area contributed by atoms with E-state index in [1.807, 2.05) is 30.3 Å². The maximum absolute atomic E-state index is 12.0. The third kappa shape index (κ3) is 4.73. The highest BCUT2D eigenvalue weighted by molar-refractivity contribution is 7.89. The van der Waals surface area contributed by atoms with Crippen LogP contribution >= 0.6 is 0 Å². The number of nitrogens with zero attached hydrogens (tertiary/aromatic N) is 1. The van der Waals surface area contributed by atoms with Crippen molar-refractivity contribution < 1.29 is 18.3 Å². The first-order chi connectivity index (χ1) is 8.60. The van der Waals surface area contributed by atoms with Crippen molar-refractivity contribution in [2.75, 3.05) is 32.6 Å². The molecule has 1 rings (SSSR count). The van der Waals surface area contributed by atoms with Crippen LogP contribution in [0.3, 0.4) is 0 Å². The molecule has 1 aromatic carbocycles. The van der Waals surface area contributed by atoms with Crippen LogP contribution in [-0.2, 0) is 21.3 Å². The molecule has 0 saturated heterocycles. The molecular formula is C12H19NO4S. The van der Waals surface area contributed by atoms with Gasteiger partial charge in [-0.15, -0.1) is 0 Å². The Morgan fingerprint density at radius 3 is 2.50 bits per heavy atom. The van der Waals surface area contributed by atoms with E-state index in [9.17, 15) is 8.42 Å². The fourth-order valence-corrected chi connectivity index (χ4v) is 2.87. The lowest BCUT2D eigenvalue weighted by Gasteiger charge is -2.21. The van der Waals surface area contributed by atoms with E-state index in [2.05, 4.69) is 0 Å². The topological polar surface area (TPSA) is 66.8 Å². The molecule has 0 bridgehead atoms. The number of ether oxygens (including phenoxy) is 1. The average molecular weight is 273 g/mol. The number of sulfonamides is 1. The van der Waals surface area contributed by atoms with Gasteiger partial charge in [0, 0.05) is 20.2 Å². The minimum atomic E-state index is -3.40. The molecule has 0 saturated carbocycles. The van der Waals surface area contributed by atoms with Crippen molar-refractivity contribution in [2.45, 2.75) is 6.54 Å². The van der Waals surface area contributed by atoms with Crippen LogP contribution in [0.15, 0.2) is 30.3 Å². The van der Waals surface area contributed by atoms with Gasteiger partial charge in [0.05, 0.1) is 19.0 Å². The third-order valence-corrected chi connectivity index (χ3v) is 4.27. The number of hydrogen-bond acceptors (Lipinski definition) is 4. The largest absolute Gasteiger partial charge is 0.395 e. The molecule has 0 atom stereocenters. The molecule has 0 aliphatic heterocycles. The Labute approximate surface area is 108 Å². The van der Waals surface area contributed by atoms with Crippen molar-refractivity contribution in [3.63, 3.8) is 0 Å². The first kappa shape index (κ1) is 15.1. The fourth-order valence-electron chi connectivity index (χ4n) is 1.53. The first-order valence-electron chi connectivity index (χ1n) is 5.71. The molecule has 0 radical (unpaired) electrons. The van der Waals surface area contributed by atoms with E-state index in [0.717, 1.165) is 5.56 Å². The van der Waals surface area contributed by atoms with Gasteiger partial charge in [0.1, 0.15) is 0 Å². The summed E-state index contributed by atoms with van der Waals surface area (Å²) in [6.45, 7) is 0.326. The zero-order valence-electron chi connectivity index (χ0n) is 10.4. The van der Waals surface area contributed by atoms with Crippen molar-refractivity contribution in [1.29, 1.82) is 0 Å². The van der Waals surface area contributed by atoms with Crippen LogP contribution in [0.2, 0.25) is 0 Å². The van der Waals surface area contributed by atoms with Gasteiger partial charge in [-0.3, -0.25) is 0 Å². The van der Waals surface area contributed by atoms with E-state index in [1.54, 1.807) is 0 Å². The molecule has 0 aromatic heterocycles. The quantitative estimate of drug-likeness (QED) is 0.747. The van der Waals surface area contributed by atoms with E-state index >= 15 is 0 Å². The van der Waals surface area contributed by atoms with E-state index < -0.39 is 10.0 Å². The van der Waals surface area contributed by atoms with Crippen molar-refractivity contribution in [1.82, 2.24) is 4.31 Å². The Hall–Kier alpha value is -0.950. The number of benzene rings is 1. The third-order valence-electron chi connectivity index (χ3n) is 2.49. The van der Waals surface area contributed by atoms with Gasteiger partial charge in [0.25, 0.3) is 0 Å². The molecule has 0 heterocycles. The predicted molar refractivity (Wildman–Crippen MR) is 69.6 cm³/mol. The van der Waals surface area contributed by atoms with E-state index in [0.29, 0.717) is 0 Å². The van der Waals surface area contributed by atoms with Crippen molar-refractivity contribution in [3.8, 4) is 0 Å². The second-order valence-electron chi connectivity index (χ2n) is 3.85. The second kappa shape index (κ2) is 7.48. The molecule has 18 heavy (non-hydrogen) atoms. The van der Waals surface area contributed by atoms with Crippen LogP contribution in [0.4, 0.5) is 0 Å². The van der Waals surface area contributed by atoms with Crippen molar-refractivity contribution in [2.24, 2.45) is 0 Å². The molecule has 5 nitrogen and oxygen atoms in total. The molecule has 0 amide bonds. The predicted octanol–water partition coefficient (Wildman–Crippen LogP) is 0.457. The number of rotatable bonds is 8. The first-order valence-corrected chi connectivity index (χ1v) is 7.32. The van der Waals surface area contributed by atoms with Crippen LogP contribution in [0.25, 0.3) is 0 Å². The van der Waals surface area contributed by atoms with Crippen LogP contribution in [-0.4, -0.2) is 50.5 Å². The molecule has 1 N–H and O–H groups in total. The SMILES string of the molecule is COCCS(=O)(=O)N(CCO)Cc1ccccc1. The highest BCUT2D eigenvalue weighted by Crippen LogP contribution is 2.09. The minimum Gasteiger partial charge on any atom is -0.395 e. The summed E-state index contributed by atoms with van der Waals surface area (Å²) >= 11 is 0. The second-order valence-corrected chi connectivity index (χ2v) is 5.94. The monoisotopic (exact) mass is 273 g/mol. The molecule has 0 spiro atoms. The normalized spacial score (nSPS) is 11.9. The van der Waals surface area contributed by atoms with Gasteiger partial charge < -0.3 is 9.84 Å². The molecule has 1 aromatic rings. The van der Waals surface area contributed by atoms with Gasteiger partial charge in [0.2, 0.25) is 10.0 Å². The Kier molecular flexibility index (Phi) is 6.28. The molecule has 102 valence electrons. The number of aliphatic hydroxyl groups is 1. The Balaban J connectivity index is 2.76. The summed E-state index contributed by atoms with van der Waals surface area (Å²) in [5, 5.41) is 8.97. The fraction of sp³-hybridized carbons (Fsp3) is 0.500. The van der Waals surface area contributed by atoms with E-state index in [-0.39, 0.29) is 32.1 Å². The van der Waals surface area contributed by atoms with Gasteiger partial charge in [-0.2, -0.15) is 4.31 Å². The average Bonchev–Trinajstić information content (AvgIpc) is 2.37. The van der Waals surface area contributed by atoms with Gasteiger partial charge in [0.15, 0.2) is 0 Å².